The number of hydrogen-bond donors (Lipinski definition) is 1. The Morgan fingerprint density at radius 3 is 2.54 bits per heavy atom. The predicted octanol–water partition coefficient (Wildman–Crippen LogP) is 8.49. The van der Waals surface area contributed by atoms with Gasteiger partial charge in [-0.15, -0.1) is 0 Å². The third-order valence-corrected chi connectivity index (χ3v) is 6.75. The van der Waals surface area contributed by atoms with Gasteiger partial charge in [-0.1, -0.05) is 61.8 Å². The van der Waals surface area contributed by atoms with Crippen molar-refractivity contribution in [2.24, 2.45) is 0 Å². The number of rotatable bonds is 8. The molecule has 0 radical (unpaired) electrons. The summed E-state index contributed by atoms with van der Waals surface area (Å²) in [6, 6.07) is 28.4. The van der Waals surface area contributed by atoms with Crippen LogP contribution >= 0.6 is 11.6 Å². The first kappa shape index (κ1) is 24.6. The summed E-state index contributed by atoms with van der Waals surface area (Å²) in [4.78, 5) is 17.6. The van der Waals surface area contributed by atoms with E-state index in [1.807, 2.05) is 42.5 Å². The minimum absolute atomic E-state index is 0.274. The molecule has 37 heavy (non-hydrogen) atoms. The number of halogens is 1. The Balaban J connectivity index is 1.30. The number of anilines is 1. The van der Waals surface area contributed by atoms with Crippen molar-refractivity contribution in [2.45, 2.75) is 32.8 Å². The number of nitrogens with zero attached hydrogens (tertiary/aromatic N) is 1. The summed E-state index contributed by atoms with van der Waals surface area (Å²) >= 11 is 6.40. The van der Waals surface area contributed by atoms with Gasteiger partial charge in [-0.05, 0) is 78.1 Å². The van der Waals surface area contributed by atoms with E-state index in [0.29, 0.717) is 40.4 Å². The highest BCUT2D eigenvalue weighted by atomic mass is 35.5. The van der Waals surface area contributed by atoms with Crippen LogP contribution in [0, 0.1) is 0 Å². The summed E-state index contributed by atoms with van der Waals surface area (Å²) in [5.74, 6) is 1.34. The lowest BCUT2D eigenvalue weighted by molar-refractivity contribution is 0.102. The molecule has 5 rings (SSSR count). The lowest BCUT2D eigenvalue weighted by Crippen LogP contribution is -2.12. The average molecular weight is 511 g/mol. The molecule has 186 valence electrons. The third-order valence-electron chi connectivity index (χ3n) is 6.42. The number of carbonyl (C=O) groups is 1. The fourth-order valence-electron chi connectivity index (χ4n) is 4.00. The zero-order chi connectivity index (χ0) is 25.8. The second-order valence-electron chi connectivity index (χ2n) is 9.00. The van der Waals surface area contributed by atoms with Crippen molar-refractivity contribution in [1.29, 1.82) is 0 Å². The van der Waals surface area contributed by atoms with Crippen LogP contribution in [0.1, 0.15) is 47.7 Å². The quantitative estimate of drug-likeness (QED) is 0.227. The Kier molecular flexibility index (Phi) is 7.24. The molecule has 0 saturated carbocycles. The number of amides is 1. The molecule has 0 spiro atoms. The van der Waals surface area contributed by atoms with Crippen molar-refractivity contribution < 1.29 is 13.9 Å². The summed E-state index contributed by atoms with van der Waals surface area (Å²) in [7, 11) is 0. The Morgan fingerprint density at radius 2 is 1.78 bits per heavy atom. The van der Waals surface area contributed by atoms with Gasteiger partial charge in [0.2, 0.25) is 5.89 Å². The van der Waals surface area contributed by atoms with Crippen molar-refractivity contribution in [3.63, 3.8) is 0 Å². The molecule has 1 heterocycles. The number of oxazole rings is 1. The predicted molar refractivity (Wildman–Crippen MR) is 148 cm³/mol. The first-order valence-corrected chi connectivity index (χ1v) is 12.7. The Labute approximate surface area is 221 Å². The van der Waals surface area contributed by atoms with Gasteiger partial charge in [-0.2, -0.15) is 0 Å². The molecule has 1 atom stereocenters. The number of hydrogen-bond acceptors (Lipinski definition) is 4. The molecule has 5 aromatic rings. The molecule has 0 bridgehead atoms. The maximum absolute atomic E-state index is 12.9. The van der Waals surface area contributed by atoms with E-state index < -0.39 is 0 Å². The lowest BCUT2D eigenvalue weighted by atomic mass is 9.98. The van der Waals surface area contributed by atoms with Crippen molar-refractivity contribution in [1.82, 2.24) is 4.98 Å². The lowest BCUT2D eigenvalue weighted by Gasteiger charge is -2.10. The maximum Gasteiger partial charge on any atom is 0.255 e. The van der Waals surface area contributed by atoms with Crippen molar-refractivity contribution in [2.75, 3.05) is 5.32 Å². The fraction of sp³-hybridized carbons (Fsp3) is 0.161. The molecule has 0 aliphatic carbocycles. The van der Waals surface area contributed by atoms with Gasteiger partial charge < -0.3 is 14.5 Å². The molecule has 4 aromatic carbocycles. The molecule has 5 nitrogen and oxygen atoms in total. The van der Waals surface area contributed by atoms with Crippen LogP contribution in [0.3, 0.4) is 0 Å². The van der Waals surface area contributed by atoms with Crippen molar-refractivity contribution in [3.05, 3.63) is 113 Å². The first-order chi connectivity index (χ1) is 18.0. The van der Waals surface area contributed by atoms with Gasteiger partial charge in [0, 0.05) is 11.1 Å². The van der Waals surface area contributed by atoms with Crippen LogP contribution in [0.15, 0.2) is 95.4 Å². The van der Waals surface area contributed by atoms with Crippen LogP contribution in [0.5, 0.6) is 5.75 Å². The molecular weight excluding hydrogens is 484 g/mol. The van der Waals surface area contributed by atoms with Crippen LogP contribution < -0.4 is 10.1 Å². The minimum Gasteiger partial charge on any atom is -0.489 e. The van der Waals surface area contributed by atoms with E-state index in [4.69, 9.17) is 20.8 Å². The number of fused-ring (bicyclic) bond motifs is 1. The molecular formula is C31H27ClN2O3. The van der Waals surface area contributed by atoms with Crippen molar-refractivity contribution in [3.8, 4) is 17.2 Å². The van der Waals surface area contributed by atoms with Crippen LogP contribution in [0.2, 0.25) is 5.02 Å². The summed E-state index contributed by atoms with van der Waals surface area (Å²) in [5.41, 5.74) is 5.54. The number of aromatic nitrogens is 1. The highest BCUT2D eigenvalue weighted by Crippen LogP contribution is 2.32. The number of carbonyl (C=O) groups excluding carboxylic acids is 1. The van der Waals surface area contributed by atoms with Crippen LogP contribution in [-0.2, 0) is 6.61 Å². The molecule has 0 aliphatic rings. The van der Waals surface area contributed by atoms with E-state index in [2.05, 4.69) is 36.3 Å². The molecule has 0 aliphatic heterocycles. The van der Waals surface area contributed by atoms with Crippen LogP contribution in [0.25, 0.3) is 22.6 Å². The molecule has 0 unspecified atom stereocenters. The molecule has 1 aromatic heterocycles. The maximum atomic E-state index is 12.9. The van der Waals surface area contributed by atoms with Gasteiger partial charge in [-0.3, -0.25) is 4.79 Å². The SMILES string of the molecule is CC[C@@H](C)c1ccc2oc(-c3ccc(Cl)c(NC(=O)c4ccc(OCc5ccccc5)cc4)c3)nc2c1. The van der Waals surface area contributed by atoms with E-state index in [-0.39, 0.29) is 5.91 Å². The van der Waals surface area contributed by atoms with Gasteiger partial charge in [0.25, 0.3) is 5.91 Å². The normalized spacial score (nSPS) is 11.9. The highest BCUT2D eigenvalue weighted by Gasteiger charge is 2.14. The van der Waals surface area contributed by atoms with Crippen LogP contribution in [-0.4, -0.2) is 10.9 Å². The second-order valence-corrected chi connectivity index (χ2v) is 9.41. The highest BCUT2D eigenvalue weighted by molar-refractivity contribution is 6.34. The molecule has 1 N–H and O–H groups in total. The Bertz CT molecular complexity index is 1530. The number of nitrogens with one attached hydrogen (secondary N) is 1. The minimum atomic E-state index is -0.274. The first-order valence-electron chi connectivity index (χ1n) is 12.3. The largest absolute Gasteiger partial charge is 0.489 e. The number of ether oxygens (including phenoxy) is 1. The molecule has 1 amide bonds. The van der Waals surface area contributed by atoms with Gasteiger partial charge >= 0.3 is 0 Å². The van der Waals surface area contributed by atoms with Gasteiger partial charge in [0.15, 0.2) is 5.58 Å². The Hall–Kier alpha value is -4.09. The topological polar surface area (TPSA) is 64.4 Å². The van der Waals surface area contributed by atoms with E-state index in [0.717, 1.165) is 28.6 Å². The summed E-state index contributed by atoms with van der Waals surface area (Å²) < 4.78 is 11.8. The molecule has 0 fully saturated rings. The summed E-state index contributed by atoms with van der Waals surface area (Å²) in [5, 5.41) is 3.32. The number of benzene rings is 4. The van der Waals surface area contributed by atoms with E-state index >= 15 is 0 Å². The fourth-order valence-corrected chi connectivity index (χ4v) is 4.17. The summed E-state index contributed by atoms with van der Waals surface area (Å²) in [6.07, 6.45) is 1.06. The smallest absolute Gasteiger partial charge is 0.255 e. The monoisotopic (exact) mass is 510 g/mol. The van der Waals surface area contributed by atoms with Crippen molar-refractivity contribution >= 4 is 34.3 Å². The molecule has 0 saturated heterocycles. The zero-order valence-corrected chi connectivity index (χ0v) is 21.5. The Morgan fingerprint density at radius 1 is 1.00 bits per heavy atom. The summed E-state index contributed by atoms with van der Waals surface area (Å²) in [6.45, 7) is 4.83. The van der Waals surface area contributed by atoms with E-state index in [1.54, 1.807) is 36.4 Å². The zero-order valence-electron chi connectivity index (χ0n) is 20.7. The van der Waals surface area contributed by atoms with E-state index in [9.17, 15) is 4.79 Å². The second kappa shape index (κ2) is 10.9. The van der Waals surface area contributed by atoms with Gasteiger partial charge in [0.1, 0.15) is 17.9 Å². The average Bonchev–Trinajstić information content (AvgIpc) is 3.37. The van der Waals surface area contributed by atoms with Crippen LogP contribution in [0.4, 0.5) is 5.69 Å². The van der Waals surface area contributed by atoms with E-state index in [1.165, 1.54) is 5.56 Å². The molecule has 6 heteroatoms. The standard InChI is InChI=1S/C31H27ClN2O3/c1-3-20(2)23-12-16-29-28(17-23)34-31(37-29)24-11-15-26(32)27(18-24)33-30(35)22-9-13-25(14-10-22)36-19-21-7-5-4-6-8-21/h4-18,20H,3,19H2,1-2H3,(H,33,35)/t20-/m1/s1. The third kappa shape index (κ3) is 5.68. The van der Waals surface area contributed by atoms with Gasteiger partial charge in [0.05, 0.1) is 10.7 Å². The van der Waals surface area contributed by atoms with Gasteiger partial charge in [-0.25, -0.2) is 4.98 Å².